The molecule has 0 amide bonds. The molecular formula is C13H14ClN3OS. The van der Waals surface area contributed by atoms with Gasteiger partial charge in [-0.3, -0.25) is 4.79 Å². The summed E-state index contributed by atoms with van der Waals surface area (Å²) in [5, 5.41) is 5.46. The summed E-state index contributed by atoms with van der Waals surface area (Å²) in [5.41, 5.74) is 0.310. The quantitative estimate of drug-likeness (QED) is 0.679. The number of carbonyl (C=O) groups excluding carboxylic acids is 1. The van der Waals surface area contributed by atoms with E-state index in [1.165, 1.54) is 4.88 Å². The van der Waals surface area contributed by atoms with Gasteiger partial charge < -0.3 is 5.32 Å². The van der Waals surface area contributed by atoms with Crippen molar-refractivity contribution in [2.24, 2.45) is 0 Å². The normalized spacial score (nSPS) is 12.2. The van der Waals surface area contributed by atoms with Crippen LogP contribution in [0.2, 0.25) is 5.15 Å². The fourth-order valence-electron chi connectivity index (χ4n) is 1.78. The average Bonchev–Trinajstić information content (AvgIpc) is 2.81. The minimum absolute atomic E-state index is 0.155. The third-order valence-electron chi connectivity index (χ3n) is 2.60. The number of aldehydes is 1. The summed E-state index contributed by atoms with van der Waals surface area (Å²) in [5.74, 6) is 1.04. The number of rotatable bonds is 5. The number of aryl methyl sites for hydroxylation is 1. The SMILES string of the molecule is Cc1nc(Cl)c(C=O)c(NC(C)Cc2cccs2)n1. The summed E-state index contributed by atoms with van der Waals surface area (Å²) < 4.78 is 0. The second-order valence-electron chi connectivity index (χ2n) is 4.27. The molecule has 0 radical (unpaired) electrons. The lowest BCUT2D eigenvalue weighted by Crippen LogP contribution is -2.20. The number of hydrogen-bond donors (Lipinski definition) is 1. The van der Waals surface area contributed by atoms with Gasteiger partial charge in [-0.1, -0.05) is 17.7 Å². The molecule has 2 rings (SSSR count). The Bertz CT molecular complexity index is 572. The molecule has 0 spiro atoms. The van der Waals surface area contributed by atoms with Crippen LogP contribution in [0, 0.1) is 6.92 Å². The molecule has 1 atom stereocenters. The monoisotopic (exact) mass is 295 g/mol. The smallest absolute Gasteiger partial charge is 0.156 e. The number of hydrogen-bond acceptors (Lipinski definition) is 5. The van der Waals surface area contributed by atoms with Crippen molar-refractivity contribution in [2.45, 2.75) is 26.3 Å². The van der Waals surface area contributed by atoms with Gasteiger partial charge in [0, 0.05) is 17.3 Å². The van der Waals surface area contributed by atoms with Gasteiger partial charge in [0.2, 0.25) is 0 Å². The van der Waals surface area contributed by atoms with E-state index in [2.05, 4.69) is 21.4 Å². The molecule has 1 N–H and O–H groups in total. The lowest BCUT2D eigenvalue weighted by Gasteiger charge is -2.15. The van der Waals surface area contributed by atoms with Gasteiger partial charge >= 0.3 is 0 Å². The molecule has 2 aromatic heterocycles. The zero-order valence-corrected chi connectivity index (χ0v) is 12.3. The van der Waals surface area contributed by atoms with Crippen LogP contribution in [-0.2, 0) is 6.42 Å². The fourth-order valence-corrected chi connectivity index (χ4v) is 2.87. The molecule has 0 saturated heterocycles. The first-order valence-electron chi connectivity index (χ1n) is 5.88. The Morgan fingerprint density at radius 2 is 2.32 bits per heavy atom. The van der Waals surface area contributed by atoms with Gasteiger partial charge in [-0.15, -0.1) is 11.3 Å². The molecule has 1 unspecified atom stereocenters. The van der Waals surface area contributed by atoms with Crippen LogP contribution in [0.4, 0.5) is 5.82 Å². The Kier molecular flexibility index (Phi) is 4.50. The average molecular weight is 296 g/mol. The van der Waals surface area contributed by atoms with Crippen molar-refractivity contribution in [3.05, 3.63) is 38.9 Å². The summed E-state index contributed by atoms with van der Waals surface area (Å²) in [4.78, 5) is 20.6. The van der Waals surface area contributed by atoms with E-state index in [4.69, 9.17) is 11.6 Å². The molecule has 4 nitrogen and oxygen atoms in total. The molecule has 0 aliphatic rings. The Morgan fingerprint density at radius 1 is 1.53 bits per heavy atom. The third-order valence-corrected chi connectivity index (χ3v) is 3.79. The Labute approximate surface area is 120 Å². The van der Waals surface area contributed by atoms with E-state index in [9.17, 15) is 4.79 Å². The topological polar surface area (TPSA) is 54.9 Å². The highest BCUT2D eigenvalue weighted by molar-refractivity contribution is 7.09. The maximum Gasteiger partial charge on any atom is 0.156 e. The maximum atomic E-state index is 11.1. The summed E-state index contributed by atoms with van der Waals surface area (Å²) in [6.45, 7) is 3.79. The lowest BCUT2D eigenvalue weighted by molar-refractivity contribution is 0.112. The number of nitrogens with one attached hydrogen (secondary N) is 1. The van der Waals surface area contributed by atoms with E-state index < -0.39 is 0 Å². The number of nitrogens with zero attached hydrogens (tertiary/aromatic N) is 2. The number of carbonyl (C=O) groups is 1. The Morgan fingerprint density at radius 3 is 2.95 bits per heavy atom. The van der Waals surface area contributed by atoms with Gasteiger partial charge in [0.15, 0.2) is 6.29 Å². The summed E-state index contributed by atoms with van der Waals surface area (Å²) in [7, 11) is 0. The molecular weight excluding hydrogens is 282 g/mol. The standard InChI is InChI=1S/C13H14ClN3OS/c1-8(6-10-4-3-5-19-10)15-13-11(7-18)12(14)16-9(2)17-13/h3-5,7-8H,6H2,1-2H3,(H,15,16,17). The second-order valence-corrected chi connectivity index (χ2v) is 5.66. The van der Waals surface area contributed by atoms with Crippen molar-refractivity contribution in [1.29, 1.82) is 0 Å². The molecule has 0 saturated carbocycles. The first-order valence-corrected chi connectivity index (χ1v) is 7.14. The minimum atomic E-state index is 0.155. The zero-order valence-electron chi connectivity index (χ0n) is 10.7. The summed E-state index contributed by atoms with van der Waals surface area (Å²) in [6.07, 6.45) is 1.55. The fraction of sp³-hybridized carbons (Fsp3) is 0.308. The van der Waals surface area contributed by atoms with Crippen molar-refractivity contribution >= 4 is 35.0 Å². The van der Waals surface area contributed by atoms with Gasteiger partial charge in [-0.05, 0) is 25.3 Å². The third kappa shape index (κ3) is 3.52. The van der Waals surface area contributed by atoms with E-state index in [-0.39, 0.29) is 11.2 Å². The number of halogens is 1. The van der Waals surface area contributed by atoms with E-state index in [1.807, 2.05) is 18.4 Å². The maximum absolute atomic E-state index is 11.1. The van der Waals surface area contributed by atoms with E-state index >= 15 is 0 Å². The van der Waals surface area contributed by atoms with Crippen LogP contribution >= 0.6 is 22.9 Å². The summed E-state index contributed by atoms with van der Waals surface area (Å²) >= 11 is 7.65. The van der Waals surface area contributed by atoms with Gasteiger partial charge in [0.1, 0.15) is 16.8 Å². The first kappa shape index (κ1) is 14.0. The highest BCUT2D eigenvalue weighted by Gasteiger charge is 2.13. The van der Waals surface area contributed by atoms with Gasteiger partial charge in [-0.2, -0.15) is 0 Å². The molecule has 19 heavy (non-hydrogen) atoms. The minimum Gasteiger partial charge on any atom is -0.367 e. The van der Waals surface area contributed by atoms with E-state index in [0.29, 0.717) is 23.5 Å². The van der Waals surface area contributed by atoms with Gasteiger partial charge in [0.25, 0.3) is 0 Å². The van der Waals surface area contributed by atoms with Crippen LogP contribution in [0.5, 0.6) is 0 Å². The molecule has 6 heteroatoms. The van der Waals surface area contributed by atoms with Crippen molar-refractivity contribution in [3.63, 3.8) is 0 Å². The molecule has 2 heterocycles. The van der Waals surface area contributed by atoms with E-state index in [1.54, 1.807) is 18.3 Å². The van der Waals surface area contributed by atoms with Crippen LogP contribution in [-0.4, -0.2) is 22.3 Å². The highest BCUT2D eigenvalue weighted by Crippen LogP contribution is 2.21. The first-order chi connectivity index (χ1) is 9.10. The Hall–Kier alpha value is -1.46. The molecule has 0 fully saturated rings. The lowest BCUT2D eigenvalue weighted by atomic mass is 10.2. The number of thiophene rings is 1. The summed E-state index contributed by atoms with van der Waals surface area (Å²) in [6, 6.07) is 4.26. The van der Waals surface area contributed by atoms with Crippen molar-refractivity contribution < 1.29 is 4.79 Å². The molecule has 100 valence electrons. The molecule has 2 aromatic rings. The second kappa shape index (κ2) is 6.12. The van der Waals surface area contributed by atoms with Crippen LogP contribution in [0.25, 0.3) is 0 Å². The van der Waals surface area contributed by atoms with Crippen LogP contribution in [0.1, 0.15) is 28.0 Å². The highest BCUT2D eigenvalue weighted by atomic mass is 35.5. The predicted octanol–water partition coefficient (Wildman–Crippen LogP) is 3.36. The molecule has 0 aliphatic heterocycles. The number of anilines is 1. The zero-order chi connectivity index (χ0) is 13.8. The predicted molar refractivity (Wildman–Crippen MR) is 78.3 cm³/mol. The molecule has 0 aliphatic carbocycles. The van der Waals surface area contributed by atoms with Gasteiger partial charge in [-0.25, -0.2) is 9.97 Å². The van der Waals surface area contributed by atoms with Crippen LogP contribution in [0.3, 0.4) is 0 Å². The Balaban J connectivity index is 2.16. The van der Waals surface area contributed by atoms with Crippen molar-refractivity contribution in [1.82, 2.24) is 9.97 Å². The van der Waals surface area contributed by atoms with Crippen molar-refractivity contribution in [3.8, 4) is 0 Å². The van der Waals surface area contributed by atoms with Gasteiger partial charge in [0.05, 0.1) is 5.56 Å². The van der Waals surface area contributed by atoms with Crippen LogP contribution in [0.15, 0.2) is 17.5 Å². The van der Waals surface area contributed by atoms with Crippen LogP contribution < -0.4 is 5.32 Å². The largest absolute Gasteiger partial charge is 0.367 e. The number of aromatic nitrogens is 2. The van der Waals surface area contributed by atoms with Crippen molar-refractivity contribution in [2.75, 3.05) is 5.32 Å². The molecule has 0 aromatic carbocycles. The molecule has 0 bridgehead atoms. The van der Waals surface area contributed by atoms with E-state index in [0.717, 1.165) is 6.42 Å².